The first-order chi connectivity index (χ1) is 12.5. The lowest BCUT2D eigenvalue weighted by Crippen LogP contribution is -2.16. The van der Waals surface area contributed by atoms with E-state index in [2.05, 4.69) is 15.6 Å². The number of aryl methyl sites for hydroxylation is 1. The number of ether oxygens (including phenoxy) is 1. The highest BCUT2D eigenvalue weighted by atomic mass is 35.5. The van der Waals surface area contributed by atoms with Gasteiger partial charge in [-0.25, -0.2) is 4.68 Å². The molecular formula is C18H16Cl2N4O2. The van der Waals surface area contributed by atoms with Crippen molar-refractivity contribution in [2.75, 3.05) is 12.4 Å². The van der Waals surface area contributed by atoms with Crippen molar-refractivity contribution in [3.05, 3.63) is 69.5 Å². The van der Waals surface area contributed by atoms with Crippen LogP contribution >= 0.6 is 23.2 Å². The number of hydrogen-bond donors (Lipinski definition) is 1. The van der Waals surface area contributed by atoms with Crippen LogP contribution in [0.25, 0.3) is 5.69 Å². The van der Waals surface area contributed by atoms with Crippen LogP contribution in [0.5, 0.6) is 0 Å². The van der Waals surface area contributed by atoms with Crippen molar-refractivity contribution in [1.29, 1.82) is 0 Å². The molecule has 0 aliphatic rings. The Balaban J connectivity index is 1.94. The zero-order valence-electron chi connectivity index (χ0n) is 14.2. The summed E-state index contributed by atoms with van der Waals surface area (Å²) in [6.07, 6.45) is 0. The maximum Gasteiger partial charge on any atom is 0.278 e. The third-order valence-corrected chi connectivity index (χ3v) is 4.42. The molecule has 134 valence electrons. The normalized spacial score (nSPS) is 10.8. The Morgan fingerprint density at radius 2 is 2.00 bits per heavy atom. The van der Waals surface area contributed by atoms with Crippen LogP contribution in [0.4, 0.5) is 5.69 Å². The molecule has 0 atom stereocenters. The molecule has 1 aromatic heterocycles. The van der Waals surface area contributed by atoms with Gasteiger partial charge >= 0.3 is 0 Å². The number of nitrogens with one attached hydrogen (secondary N) is 1. The summed E-state index contributed by atoms with van der Waals surface area (Å²) in [5.41, 5.74) is 3.12. The summed E-state index contributed by atoms with van der Waals surface area (Å²) >= 11 is 11.9. The van der Waals surface area contributed by atoms with Gasteiger partial charge in [-0.3, -0.25) is 4.79 Å². The van der Waals surface area contributed by atoms with Crippen molar-refractivity contribution in [3.8, 4) is 5.69 Å². The Hall–Kier alpha value is -2.41. The third kappa shape index (κ3) is 3.88. The van der Waals surface area contributed by atoms with E-state index in [0.717, 1.165) is 11.3 Å². The lowest BCUT2D eigenvalue weighted by Gasteiger charge is -2.09. The molecule has 1 heterocycles. The van der Waals surface area contributed by atoms with Gasteiger partial charge in [0.25, 0.3) is 5.91 Å². The lowest BCUT2D eigenvalue weighted by atomic mass is 10.2. The average molecular weight is 391 g/mol. The topological polar surface area (TPSA) is 69.0 Å². The van der Waals surface area contributed by atoms with Gasteiger partial charge in [0.1, 0.15) is 5.69 Å². The minimum Gasteiger partial charge on any atom is -0.378 e. The summed E-state index contributed by atoms with van der Waals surface area (Å²) < 4.78 is 6.83. The fraction of sp³-hybridized carbons (Fsp3) is 0.167. The first-order valence-electron chi connectivity index (χ1n) is 7.76. The fourth-order valence-electron chi connectivity index (χ4n) is 2.48. The quantitative estimate of drug-likeness (QED) is 0.705. The number of nitrogens with zero attached hydrogens (tertiary/aromatic N) is 3. The molecule has 3 aromatic rings. The predicted molar refractivity (Wildman–Crippen MR) is 101 cm³/mol. The Morgan fingerprint density at radius 3 is 2.69 bits per heavy atom. The number of aromatic nitrogens is 3. The maximum atomic E-state index is 12.7. The monoisotopic (exact) mass is 390 g/mol. The van der Waals surface area contributed by atoms with E-state index in [9.17, 15) is 4.79 Å². The zero-order chi connectivity index (χ0) is 18.7. The highest BCUT2D eigenvalue weighted by molar-refractivity contribution is 6.42. The molecule has 3 rings (SSSR count). The van der Waals surface area contributed by atoms with Crippen LogP contribution in [0, 0.1) is 6.92 Å². The Bertz CT molecular complexity index is 956. The largest absolute Gasteiger partial charge is 0.378 e. The van der Waals surface area contributed by atoms with E-state index < -0.39 is 5.91 Å². The predicted octanol–water partition coefficient (Wildman–Crippen LogP) is 4.28. The van der Waals surface area contributed by atoms with Gasteiger partial charge in [-0.05, 0) is 42.8 Å². The molecular weight excluding hydrogens is 375 g/mol. The molecule has 0 bridgehead atoms. The SMILES string of the molecule is COCc1c(C(=O)Nc2ccc(Cl)c(Cl)c2)nnn1-c1cccc(C)c1. The maximum absolute atomic E-state index is 12.7. The average Bonchev–Trinajstić information content (AvgIpc) is 3.02. The Labute approximate surface area is 160 Å². The van der Waals surface area contributed by atoms with Crippen LogP contribution < -0.4 is 5.32 Å². The second kappa shape index (κ2) is 7.86. The summed E-state index contributed by atoms with van der Waals surface area (Å²) in [4.78, 5) is 12.7. The summed E-state index contributed by atoms with van der Waals surface area (Å²) in [7, 11) is 1.55. The van der Waals surface area contributed by atoms with Crippen molar-refractivity contribution in [3.63, 3.8) is 0 Å². The summed E-state index contributed by atoms with van der Waals surface area (Å²) in [6.45, 7) is 2.17. The molecule has 2 aromatic carbocycles. The van der Waals surface area contributed by atoms with E-state index in [4.69, 9.17) is 27.9 Å². The van der Waals surface area contributed by atoms with Gasteiger partial charge in [0, 0.05) is 12.8 Å². The van der Waals surface area contributed by atoms with E-state index >= 15 is 0 Å². The number of hydrogen-bond acceptors (Lipinski definition) is 4. The molecule has 0 radical (unpaired) electrons. The van der Waals surface area contributed by atoms with Gasteiger partial charge < -0.3 is 10.1 Å². The van der Waals surface area contributed by atoms with Gasteiger partial charge in [0.05, 0.1) is 22.3 Å². The summed E-state index contributed by atoms with van der Waals surface area (Å²) in [5, 5.41) is 11.7. The third-order valence-electron chi connectivity index (χ3n) is 3.68. The van der Waals surface area contributed by atoms with E-state index in [1.54, 1.807) is 30.0 Å². The molecule has 6 nitrogen and oxygen atoms in total. The standard InChI is InChI=1S/C18H16Cl2N4O2/c1-11-4-3-5-13(8-11)24-16(10-26-2)17(22-23-24)18(25)21-12-6-7-14(19)15(20)9-12/h3-9H,10H2,1-2H3,(H,21,25). The van der Waals surface area contributed by atoms with Crippen molar-refractivity contribution < 1.29 is 9.53 Å². The molecule has 8 heteroatoms. The fourth-order valence-corrected chi connectivity index (χ4v) is 2.77. The van der Waals surface area contributed by atoms with Crippen LogP contribution in [-0.2, 0) is 11.3 Å². The number of carbonyl (C=O) groups excluding carboxylic acids is 1. The number of benzene rings is 2. The van der Waals surface area contributed by atoms with Crippen molar-refractivity contribution >= 4 is 34.8 Å². The minimum absolute atomic E-state index is 0.180. The van der Waals surface area contributed by atoms with Crippen LogP contribution in [0.3, 0.4) is 0 Å². The number of methoxy groups -OCH3 is 1. The minimum atomic E-state index is -0.408. The van der Waals surface area contributed by atoms with Crippen LogP contribution in [0.15, 0.2) is 42.5 Å². The van der Waals surface area contributed by atoms with E-state index in [-0.39, 0.29) is 12.3 Å². The molecule has 0 spiro atoms. The molecule has 0 fully saturated rings. The lowest BCUT2D eigenvalue weighted by molar-refractivity contribution is 0.101. The van der Waals surface area contributed by atoms with E-state index in [1.807, 2.05) is 31.2 Å². The Morgan fingerprint density at radius 1 is 1.19 bits per heavy atom. The second-order valence-corrected chi connectivity index (χ2v) is 6.47. The molecule has 0 unspecified atom stereocenters. The first-order valence-corrected chi connectivity index (χ1v) is 8.52. The van der Waals surface area contributed by atoms with Gasteiger partial charge in [-0.2, -0.15) is 0 Å². The highest BCUT2D eigenvalue weighted by Gasteiger charge is 2.21. The molecule has 0 aliphatic carbocycles. The Kier molecular flexibility index (Phi) is 5.56. The first kappa shape index (κ1) is 18.4. The zero-order valence-corrected chi connectivity index (χ0v) is 15.7. The number of anilines is 1. The number of carbonyl (C=O) groups is 1. The van der Waals surface area contributed by atoms with Crippen molar-refractivity contribution in [2.24, 2.45) is 0 Å². The van der Waals surface area contributed by atoms with Gasteiger partial charge in [-0.15, -0.1) is 5.10 Å². The van der Waals surface area contributed by atoms with Crippen molar-refractivity contribution in [1.82, 2.24) is 15.0 Å². The summed E-state index contributed by atoms with van der Waals surface area (Å²) in [5.74, 6) is -0.408. The van der Waals surface area contributed by atoms with Crippen LogP contribution in [0.2, 0.25) is 10.0 Å². The molecule has 1 amide bonds. The van der Waals surface area contributed by atoms with E-state index in [1.165, 1.54) is 0 Å². The highest BCUT2D eigenvalue weighted by Crippen LogP contribution is 2.25. The number of amides is 1. The molecule has 1 N–H and O–H groups in total. The number of halogens is 2. The number of rotatable bonds is 5. The smallest absolute Gasteiger partial charge is 0.278 e. The molecule has 0 aliphatic heterocycles. The van der Waals surface area contributed by atoms with Gasteiger partial charge in [-0.1, -0.05) is 40.5 Å². The summed E-state index contributed by atoms with van der Waals surface area (Å²) in [6, 6.07) is 12.6. The molecule has 0 saturated heterocycles. The van der Waals surface area contributed by atoms with Gasteiger partial charge in [0.2, 0.25) is 0 Å². The second-order valence-electron chi connectivity index (χ2n) is 5.65. The van der Waals surface area contributed by atoms with Crippen LogP contribution in [0.1, 0.15) is 21.7 Å². The van der Waals surface area contributed by atoms with Crippen molar-refractivity contribution in [2.45, 2.75) is 13.5 Å². The van der Waals surface area contributed by atoms with Crippen LogP contribution in [-0.4, -0.2) is 28.0 Å². The van der Waals surface area contributed by atoms with Gasteiger partial charge in [0.15, 0.2) is 5.69 Å². The van der Waals surface area contributed by atoms with E-state index in [0.29, 0.717) is 21.4 Å². The molecule has 26 heavy (non-hydrogen) atoms. The molecule has 0 saturated carbocycles.